The first-order valence-electron chi connectivity index (χ1n) is 11.9. The van der Waals surface area contributed by atoms with Crippen LogP contribution in [0.5, 0.6) is 0 Å². The van der Waals surface area contributed by atoms with Crippen molar-refractivity contribution in [1.29, 1.82) is 5.26 Å². The lowest BCUT2D eigenvalue weighted by molar-refractivity contribution is 0.00159. The summed E-state index contributed by atoms with van der Waals surface area (Å²) in [7, 11) is 0. The average molecular weight is 490 g/mol. The van der Waals surface area contributed by atoms with E-state index in [9.17, 15) is 5.26 Å². The summed E-state index contributed by atoms with van der Waals surface area (Å²) in [5, 5.41) is 18.6. The Hall–Kier alpha value is -2.81. The van der Waals surface area contributed by atoms with Gasteiger partial charge >= 0.3 is 0 Å². The van der Waals surface area contributed by atoms with Gasteiger partial charge in [-0.3, -0.25) is 10.3 Å². The van der Waals surface area contributed by atoms with E-state index >= 15 is 0 Å². The molecular formula is C27H25Cl2N5. The van der Waals surface area contributed by atoms with Gasteiger partial charge in [-0.15, -0.1) is 0 Å². The van der Waals surface area contributed by atoms with Crippen molar-refractivity contribution < 1.29 is 0 Å². The fourth-order valence-electron chi connectivity index (χ4n) is 6.77. The standard InChI is InChI=1S/C27H25Cl2N5/c28-21-7-5-20(6-8-21)25-12-23(33-34(25)24-4-2-1-3-22(24)29)26(31-16-30)32-27-13-17-9-18(14-27)11-19(10-17)15-27/h1-8,12,17-19H,9-11,13-15H2,(H,31,32). The number of amidine groups is 1. The summed E-state index contributed by atoms with van der Waals surface area (Å²) in [5.41, 5.74) is 3.14. The minimum Gasteiger partial charge on any atom is -0.275 e. The molecule has 4 aliphatic carbocycles. The number of halogens is 2. The molecule has 0 unspecified atom stereocenters. The normalized spacial score (nSPS) is 27.6. The van der Waals surface area contributed by atoms with Crippen molar-refractivity contribution in [3.05, 3.63) is 70.3 Å². The van der Waals surface area contributed by atoms with Gasteiger partial charge in [0.1, 0.15) is 5.69 Å². The zero-order chi connectivity index (χ0) is 23.3. The van der Waals surface area contributed by atoms with Gasteiger partial charge in [0.2, 0.25) is 0 Å². The van der Waals surface area contributed by atoms with Crippen LogP contribution in [0.3, 0.4) is 0 Å². The predicted molar refractivity (Wildman–Crippen MR) is 135 cm³/mol. The summed E-state index contributed by atoms with van der Waals surface area (Å²) in [6, 6.07) is 17.2. The number of nitrogens with zero attached hydrogens (tertiary/aromatic N) is 4. The molecule has 0 atom stereocenters. The molecule has 0 spiro atoms. The maximum atomic E-state index is 9.58. The Morgan fingerprint density at radius 2 is 1.65 bits per heavy atom. The molecule has 0 saturated heterocycles. The highest BCUT2D eigenvalue weighted by atomic mass is 35.5. The smallest absolute Gasteiger partial charge is 0.182 e. The van der Waals surface area contributed by atoms with Crippen LogP contribution in [0.25, 0.3) is 16.9 Å². The first-order valence-corrected chi connectivity index (χ1v) is 12.6. The second kappa shape index (κ2) is 8.45. The van der Waals surface area contributed by atoms with Crippen LogP contribution in [-0.4, -0.2) is 21.2 Å². The molecule has 34 heavy (non-hydrogen) atoms. The molecule has 7 heteroatoms. The van der Waals surface area contributed by atoms with E-state index < -0.39 is 0 Å². The van der Waals surface area contributed by atoms with Gasteiger partial charge in [-0.2, -0.15) is 10.4 Å². The van der Waals surface area contributed by atoms with Gasteiger partial charge in [0, 0.05) is 10.6 Å². The van der Waals surface area contributed by atoms with E-state index in [1.54, 1.807) is 0 Å². The molecule has 3 aromatic rings. The number of aromatic nitrogens is 2. The molecular weight excluding hydrogens is 465 g/mol. The van der Waals surface area contributed by atoms with Crippen molar-refractivity contribution in [2.45, 2.75) is 44.1 Å². The van der Waals surface area contributed by atoms with Crippen LogP contribution in [0.4, 0.5) is 0 Å². The quantitative estimate of drug-likeness (QED) is 0.193. The van der Waals surface area contributed by atoms with Gasteiger partial charge in [-0.1, -0.05) is 47.5 Å². The predicted octanol–water partition coefficient (Wildman–Crippen LogP) is 6.63. The van der Waals surface area contributed by atoms with Crippen molar-refractivity contribution in [2.24, 2.45) is 22.7 Å². The molecule has 1 aromatic heterocycles. The monoisotopic (exact) mass is 489 g/mol. The van der Waals surface area contributed by atoms with E-state index in [1.165, 1.54) is 19.3 Å². The molecule has 4 aliphatic rings. The van der Waals surface area contributed by atoms with E-state index in [4.69, 9.17) is 33.3 Å². The number of nitrogens with one attached hydrogen (secondary N) is 1. The number of aliphatic imine (C=N–C) groups is 1. The number of nitriles is 1. The van der Waals surface area contributed by atoms with Crippen LogP contribution < -0.4 is 5.32 Å². The fourth-order valence-corrected chi connectivity index (χ4v) is 7.11. The van der Waals surface area contributed by atoms with Crippen LogP contribution in [0, 0.1) is 29.2 Å². The highest BCUT2D eigenvalue weighted by Gasteiger charge is 2.51. The number of para-hydroxylation sites is 1. The average Bonchev–Trinajstić information content (AvgIpc) is 3.24. The summed E-state index contributed by atoms with van der Waals surface area (Å²) < 4.78 is 1.83. The molecule has 4 saturated carbocycles. The molecule has 172 valence electrons. The summed E-state index contributed by atoms with van der Waals surface area (Å²) in [4.78, 5) is 5.26. The lowest BCUT2D eigenvalue weighted by atomic mass is 9.53. The SMILES string of the molecule is N#CNC(=NC12CC3CC(CC(C3)C1)C2)c1cc(-c2ccc(Cl)cc2)n(-c2ccccc2Cl)n1. The maximum Gasteiger partial charge on any atom is 0.182 e. The minimum atomic E-state index is -0.0808. The van der Waals surface area contributed by atoms with Crippen molar-refractivity contribution in [3.63, 3.8) is 0 Å². The first-order chi connectivity index (χ1) is 16.5. The van der Waals surface area contributed by atoms with Crippen LogP contribution in [0.2, 0.25) is 10.0 Å². The molecule has 1 N–H and O–H groups in total. The van der Waals surface area contributed by atoms with Crippen LogP contribution in [0.15, 0.2) is 59.6 Å². The van der Waals surface area contributed by atoms with Crippen molar-refractivity contribution in [1.82, 2.24) is 15.1 Å². The Bertz CT molecular complexity index is 1270. The van der Waals surface area contributed by atoms with Gasteiger partial charge in [0.05, 0.1) is 21.9 Å². The Balaban J connectivity index is 1.47. The third-order valence-corrected chi connectivity index (χ3v) is 8.27. The van der Waals surface area contributed by atoms with Crippen molar-refractivity contribution in [2.75, 3.05) is 0 Å². The third-order valence-electron chi connectivity index (χ3n) is 7.70. The van der Waals surface area contributed by atoms with Crippen LogP contribution in [-0.2, 0) is 0 Å². The molecule has 1 heterocycles. The van der Waals surface area contributed by atoms with Gasteiger partial charge in [0.15, 0.2) is 12.0 Å². The van der Waals surface area contributed by atoms with Crippen LogP contribution in [0.1, 0.15) is 44.2 Å². The second-order valence-electron chi connectivity index (χ2n) is 10.1. The third kappa shape index (κ3) is 3.89. The summed E-state index contributed by atoms with van der Waals surface area (Å²) in [5.74, 6) is 2.85. The summed E-state index contributed by atoms with van der Waals surface area (Å²) in [6.07, 6.45) is 9.48. The lowest BCUT2D eigenvalue weighted by Crippen LogP contribution is -2.50. The zero-order valence-electron chi connectivity index (χ0n) is 18.7. The van der Waals surface area contributed by atoms with Gasteiger partial charge in [-0.25, -0.2) is 4.68 Å². The second-order valence-corrected chi connectivity index (χ2v) is 11.0. The lowest BCUT2D eigenvalue weighted by Gasteiger charge is -2.55. The molecule has 4 bridgehead atoms. The molecule has 2 aromatic carbocycles. The fraction of sp³-hybridized carbons (Fsp3) is 0.370. The number of rotatable bonds is 4. The summed E-state index contributed by atoms with van der Waals surface area (Å²) >= 11 is 12.7. The Morgan fingerprint density at radius 3 is 2.26 bits per heavy atom. The maximum absolute atomic E-state index is 9.58. The van der Waals surface area contributed by atoms with Gasteiger partial charge in [-0.05, 0) is 86.6 Å². The molecule has 0 aliphatic heterocycles. The van der Waals surface area contributed by atoms with E-state index in [-0.39, 0.29) is 5.54 Å². The highest BCUT2D eigenvalue weighted by Crippen LogP contribution is 2.57. The molecule has 0 amide bonds. The van der Waals surface area contributed by atoms with E-state index in [2.05, 4.69) is 11.5 Å². The Kier molecular flexibility index (Phi) is 5.39. The van der Waals surface area contributed by atoms with E-state index in [0.29, 0.717) is 21.6 Å². The largest absolute Gasteiger partial charge is 0.275 e. The zero-order valence-corrected chi connectivity index (χ0v) is 20.2. The highest BCUT2D eigenvalue weighted by molar-refractivity contribution is 6.32. The number of hydrogen-bond donors (Lipinski definition) is 1. The first kappa shape index (κ1) is 21.7. The topological polar surface area (TPSA) is 66.0 Å². The molecule has 5 nitrogen and oxygen atoms in total. The Morgan fingerprint density at radius 1 is 1.00 bits per heavy atom. The number of benzene rings is 2. The number of hydrogen-bond acceptors (Lipinski definition) is 3. The van der Waals surface area contributed by atoms with Crippen molar-refractivity contribution >= 4 is 29.0 Å². The molecule has 4 fully saturated rings. The van der Waals surface area contributed by atoms with Gasteiger partial charge < -0.3 is 0 Å². The van der Waals surface area contributed by atoms with E-state index in [1.807, 2.05) is 59.3 Å². The molecule has 0 radical (unpaired) electrons. The summed E-state index contributed by atoms with van der Waals surface area (Å²) in [6.45, 7) is 0. The minimum absolute atomic E-state index is 0.0808. The van der Waals surface area contributed by atoms with Crippen molar-refractivity contribution in [3.8, 4) is 23.1 Å². The Labute approximate surface area is 209 Å². The van der Waals surface area contributed by atoms with Crippen LogP contribution >= 0.6 is 23.2 Å². The molecule has 7 rings (SSSR count). The van der Waals surface area contributed by atoms with Gasteiger partial charge in [0.25, 0.3) is 0 Å². The van der Waals surface area contributed by atoms with E-state index in [0.717, 1.165) is 54.0 Å².